The van der Waals surface area contributed by atoms with Gasteiger partial charge in [-0.1, -0.05) is 44.0 Å². The zero-order valence-corrected chi connectivity index (χ0v) is 37.3. The molecular weight excluding hydrogens is 953 g/mol. The number of unbranched alkanes of at least 4 members (excludes halogenated alkanes) is 2. The number of ether oxygens (including phenoxy) is 3. The average molecular weight is 995 g/mol. The van der Waals surface area contributed by atoms with E-state index in [0.717, 1.165) is 18.3 Å². The molecule has 1 spiro atoms. The molecule has 0 radical (unpaired) electrons. The van der Waals surface area contributed by atoms with Crippen molar-refractivity contribution in [1.29, 1.82) is 0 Å². The van der Waals surface area contributed by atoms with Crippen molar-refractivity contribution in [3.63, 3.8) is 0 Å². The number of benzene rings is 3. The monoisotopic (exact) mass is 994 g/mol. The highest BCUT2D eigenvalue weighted by Crippen LogP contribution is 2.68. The summed E-state index contributed by atoms with van der Waals surface area (Å²) >= 11 is 0. The lowest BCUT2D eigenvalue weighted by Crippen LogP contribution is -2.43. The van der Waals surface area contributed by atoms with E-state index in [0.29, 0.717) is 28.5 Å². The van der Waals surface area contributed by atoms with E-state index in [1.54, 1.807) is 25.1 Å². The number of allylic oxidation sites excluding steroid dienone is 1. The maximum Gasteiger partial charge on any atom is 0.536 e. The van der Waals surface area contributed by atoms with E-state index >= 15 is 0 Å². The van der Waals surface area contributed by atoms with Crippen LogP contribution < -0.4 is 31.7 Å². The highest BCUT2D eigenvalue weighted by molar-refractivity contribution is 7.67. The second-order valence-corrected chi connectivity index (χ2v) is 19.6. The molecule has 5 unspecified atom stereocenters. The van der Waals surface area contributed by atoms with Gasteiger partial charge < -0.3 is 44.5 Å². The van der Waals surface area contributed by atoms with Crippen molar-refractivity contribution < 1.29 is 90.1 Å². The Morgan fingerprint density at radius 1 is 0.970 bits per heavy atom. The summed E-state index contributed by atoms with van der Waals surface area (Å²) in [7, 11) is -18.2. The van der Waals surface area contributed by atoms with E-state index in [-0.39, 0.29) is 41.2 Å². The van der Waals surface area contributed by atoms with Crippen molar-refractivity contribution in [3.05, 3.63) is 127 Å². The number of carbonyl (C=O) groups excluding carboxylic acids is 3. The van der Waals surface area contributed by atoms with Gasteiger partial charge in [-0.3, -0.25) is 38.6 Å². The number of carbonyl (C=O) groups is 3. The molecule has 3 aromatic carbocycles. The molecule has 1 fully saturated rings. The number of Topliss-reactive ketones (excluding diaryl/α,β-unsaturated/α-hetero) is 1. The van der Waals surface area contributed by atoms with Crippen molar-refractivity contribution >= 4 is 41.1 Å². The summed E-state index contributed by atoms with van der Waals surface area (Å²) in [6.45, 7) is 1.79. The van der Waals surface area contributed by atoms with Crippen molar-refractivity contribution in [2.45, 2.75) is 75.6 Å². The van der Waals surface area contributed by atoms with Gasteiger partial charge in [0, 0.05) is 41.7 Å². The zero-order valence-electron chi connectivity index (χ0n) is 34.7. The summed E-state index contributed by atoms with van der Waals surface area (Å²) in [4.78, 5) is 99.1. The zero-order chi connectivity index (χ0) is 48.6. The molecule has 28 heteroatoms. The van der Waals surface area contributed by atoms with Crippen molar-refractivity contribution in [3.8, 4) is 23.0 Å². The lowest BCUT2D eigenvalue weighted by Gasteiger charge is -2.36. The molecule has 3 aliphatic heterocycles. The number of aromatic hydroxyl groups is 1. The van der Waals surface area contributed by atoms with Gasteiger partial charge in [-0.15, -0.1) is 0 Å². The maximum atomic E-state index is 13.6. The predicted octanol–water partition coefficient (Wildman–Crippen LogP) is 3.54. The van der Waals surface area contributed by atoms with Crippen LogP contribution >= 0.6 is 23.5 Å². The van der Waals surface area contributed by atoms with Crippen molar-refractivity contribution in [2.24, 2.45) is 5.73 Å². The van der Waals surface area contributed by atoms with Gasteiger partial charge in [0.2, 0.25) is 0 Å². The number of fused-ring (bicyclic) bond motifs is 6. The van der Waals surface area contributed by atoms with E-state index < -0.39 is 112 Å². The Labute approximate surface area is 377 Å². The van der Waals surface area contributed by atoms with Gasteiger partial charge in [0.15, 0.2) is 17.5 Å². The number of aliphatic hydroxyl groups excluding tert-OH is 1. The molecule has 0 saturated carbocycles. The van der Waals surface area contributed by atoms with E-state index in [2.05, 4.69) is 8.62 Å². The lowest BCUT2D eigenvalue weighted by molar-refractivity contribution is -0.140. The summed E-state index contributed by atoms with van der Waals surface area (Å²) in [5, 5.41) is 30.8. The number of hydroxylamine groups is 1. The smallest absolute Gasteiger partial charge is 0.508 e. The number of phenolic OH excluding ortho intramolecular Hbond substituents is 1. The van der Waals surface area contributed by atoms with Crippen LogP contribution in [0.5, 0.6) is 23.0 Å². The van der Waals surface area contributed by atoms with Crippen LogP contribution in [0.15, 0.2) is 82.5 Å². The number of H-pyrrole nitrogens is 1. The van der Waals surface area contributed by atoms with Crippen molar-refractivity contribution in [1.82, 2.24) is 15.0 Å². The fourth-order valence-corrected chi connectivity index (χ4v) is 11.6. The van der Waals surface area contributed by atoms with E-state index in [9.17, 15) is 67.8 Å². The summed E-state index contributed by atoms with van der Waals surface area (Å²) in [5.74, 6) is -4.07. The first-order valence-electron chi connectivity index (χ1n) is 20.0. The minimum Gasteiger partial charge on any atom is -0.508 e. The van der Waals surface area contributed by atoms with Gasteiger partial charge >= 0.3 is 35.1 Å². The average Bonchev–Trinajstić information content (AvgIpc) is 3.77. The van der Waals surface area contributed by atoms with Gasteiger partial charge in [-0.2, -0.15) is 8.62 Å². The maximum absolute atomic E-state index is 13.6. The summed E-state index contributed by atoms with van der Waals surface area (Å²) in [6, 6.07) is 13.9. The number of rotatable bonds is 18. The molecule has 1 saturated heterocycles. The quantitative estimate of drug-likeness (QED) is 0.0226. The predicted molar refractivity (Wildman–Crippen MR) is 225 cm³/mol. The largest absolute Gasteiger partial charge is 0.536 e. The first kappa shape index (κ1) is 49.1. The minimum absolute atomic E-state index is 0.00650. The third-order valence-electron chi connectivity index (χ3n) is 10.6. The number of aromatic nitrogens is 2. The number of phosphoric ester groups is 2. The van der Waals surface area contributed by atoms with E-state index in [1.165, 1.54) is 41.9 Å². The number of hydrogen-bond donors (Lipinski definition) is 9. The number of nitrogens with zero attached hydrogens (tertiary/aromatic N) is 1. The van der Waals surface area contributed by atoms with Crippen LogP contribution in [0.1, 0.15) is 88.4 Å². The van der Waals surface area contributed by atoms with Crippen LogP contribution in [-0.2, 0) is 53.1 Å². The summed E-state index contributed by atoms with van der Waals surface area (Å²) in [6.07, 6.45) is -5.95. The number of nitrogens with one attached hydrogen (secondary N) is 2. The topological polar surface area (TPSA) is 381 Å². The Kier molecular flexibility index (Phi) is 14.0. The SMILES string of the molecule is CCCCCC(=O)C(OP(=O)(O)OP(=O)(O)OP(=O)(O)Oc1ccc2c(c1)Oc1cc(O)ccc1C21OC(=O)c2ccccc21)[C@H]1O[C@@H](n2c(C(=O)NO)c(CC=CN)c(=O)[nH]c2=O)C[C@@H]1O. The molecule has 0 bridgehead atoms. The lowest BCUT2D eigenvalue weighted by atomic mass is 9.77. The number of nitrogens with two attached hydrogens (primary N) is 1. The number of amides is 1. The third-order valence-corrected chi connectivity index (χ3v) is 14.9. The second kappa shape index (κ2) is 19.1. The molecule has 3 aliphatic rings. The number of esters is 1. The Hall–Kier alpha value is -5.78. The van der Waals surface area contributed by atoms with Crippen LogP contribution in [0, 0.1) is 0 Å². The second-order valence-electron chi connectivity index (χ2n) is 15.1. The first-order valence-corrected chi connectivity index (χ1v) is 24.5. The van der Waals surface area contributed by atoms with Crippen LogP contribution in [0.25, 0.3) is 0 Å². The highest BCUT2D eigenvalue weighted by Gasteiger charge is 2.54. The third kappa shape index (κ3) is 9.95. The molecule has 1 amide bonds. The number of hydrogen-bond acceptors (Lipinski definition) is 19. The molecule has 7 rings (SSSR count). The summed E-state index contributed by atoms with van der Waals surface area (Å²) in [5.41, 5.74) is 2.62. The first-order chi connectivity index (χ1) is 31.6. The summed E-state index contributed by atoms with van der Waals surface area (Å²) < 4.78 is 76.5. The Morgan fingerprint density at radius 3 is 2.36 bits per heavy atom. The fourth-order valence-electron chi connectivity index (χ4n) is 7.93. The van der Waals surface area contributed by atoms with Gasteiger partial charge in [0.1, 0.15) is 41.0 Å². The normalized spacial score (nSPS) is 22.6. The van der Waals surface area contributed by atoms with Crippen LogP contribution in [0.4, 0.5) is 0 Å². The molecule has 8 atom stereocenters. The van der Waals surface area contributed by atoms with Crippen LogP contribution in [0.3, 0.4) is 0 Å². The van der Waals surface area contributed by atoms with Crippen LogP contribution in [0.2, 0.25) is 0 Å². The molecule has 67 heavy (non-hydrogen) atoms. The minimum atomic E-state index is -6.25. The van der Waals surface area contributed by atoms with E-state index in [4.69, 9.17) is 29.0 Å². The standard InChI is InChI=1S/C39H41N4O21P3/c1-2-3-4-11-27(45)34(33-28(46)19-31(59-33)43-32(36(48)42-51)23(9-7-16-40)35(47)41-38(43)50)62-66(54,55)64-67(56,57)63-65(52,53)61-21-13-15-26-30(18-21)58-29-17-20(44)12-14-25(29)39(26)24-10-6-5-8-22(24)37(49)60-39/h5-8,10,12-18,28,31,33-34,44,46,51H,2-4,9,11,19,40H2,1H3,(H,42,48)(H,52,53)(H,54,55)(H,56,57)(H,41,47,50)/t28-,31+,33-,34?,39?/m0/s1. The molecule has 4 heterocycles. The molecule has 1 aromatic heterocycles. The van der Waals surface area contributed by atoms with Gasteiger partial charge in [-0.25, -0.2) is 28.8 Å². The van der Waals surface area contributed by atoms with Gasteiger partial charge in [0.05, 0.1) is 17.2 Å². The Bertz CT molecular complexity index is 2940. The number of aliphatic hydroxyl groups is 1. The Balaban J connectivity index is 1.12. The highest BCUT2D eigenvalue weighted by atomic mass is 31.3. The number of ketones is 1. The Morgan fingerprint density at radius 2 is 1.66 bits per heavy atom. The molecule has 10 N–H and O–H groups in total. The molecule has 0 aliphatic carbocycles. The van der Waals surface area contributed by atoms with E-state index in [1.807, 2.05) is 4.98 Å². The number of phenols is 1. The fraction of sp³-hybridized carbons (Fsp3) is 0.308. The molecular formula is C39H41N4O21P3. The molecule has 358 valence electrons. The van der Waals surface area contributed by atoms with Crippen molar-refractivity contribution in [2.75, 3.05) is 0 Å². The van der Waals surface area contributed by atoms with Crippen LogP contribution in [-0.4, -0.2) is 75.6 Å². The molecule has 25 nitrogen and oxygen atoms in total. The molecule has 4 aromatic rings. The number of aromatic amines is 1. The van der Waals surface area contributed by atoms with Gasteiger partial charge in [-0.05, 0) is 49.4 Å². The van der Waals surface area contributed by atoms with Gasteiger partial charge in [0.25, 0.3) is 11.5 Å². The number of phosphoric acid groups is 3.